The van der Waals surface area contributed by atoms with Gasteiger partial charge >= 0.3 is 5.69 Å². The van der Waals surface area contributed by atoms with Crippen LogP contribution in [0.1, 0.15) is 39.2 Å². The smallest absolute Gasteiger partial charge is 0.311 e. The summed E-state index contributed by atoms with van der Waals surface area (Å²) in [6.45, 7) is 5.53. The van der Waals surface area contributed by atoms with Gasteiger partial charge in [0.2, 0.25) is 11.7 Å². The van der Waals surface area contributed by atoms with Gasteiger partial charge in [0.05, 0.1) is 19.1 Å². The van der Waals surface area contributed by atoms with Crippen molar-refractivity contribution in [2.75, 3.05) is 20.8 Å². The minimum atomic E-state index is -0.710. The minimum Gasteiger partial charge on any atom is -0.497 e. The van der Waals surface area contributed by atoms with E-state index in [0.29, 0.717) is 12.2 Å². The topological polar surface area (TPSA) is 120 Å². The molecule has 0 radical (unpaired) electrons. The number of benzene rings is 2. The highest BCUT2D eigenvalue weighted by Crippen LogP contribution is 2.30. The van der Waals surface area contributed by atoms with Crippen molar-refractivity contribution in [3.63, 3.8) is 0 Å². The predicted molar refractivity (Wildman–Crippen MR) is 131 cm³/mol. The maximum Gasteiger partial charge on any atom is 0.311 e. The molecular weight excluding hydrogens is 454 g/mol. The zero-order chi connectivity index (χ0) is 26.0. The minimum absolute atomic E-state index is 0.0209. The van der Waals surface area contributed by atoms with Crippen LogP contribution in [-0.2, 0) is 16.1 Å². The highest BCUT2D eigenvalue weighted by Gasteiger charge is 2.29. The standard InChI is InChI=1S/C25H33N3O7/c1-6-17(3)26-25(30)21(7-2)27(15-18-9-8-10-19(13-18)33-4)24(29)16-35-20-11-12-22(28(31)32)23(14-20)34-5/h8-14,17,21H,6-7,15-16H2,1-5H3,(H,26,30)/t17-,21-/m1/s1. The lowest BCUT2D eigenvalue weighted by molar-refractivity contribution is -0.385. The second-order valence-electron chi connectivity index (χ2n) is 7.99. The molecule has 2 aromatic rings. The molecular formula is C25H33N3O7. The van der Waals surface area contributed by atoms with Gasteiger partial charge in [-0.05, 0) is 43.5 Å². The van der Waals surface area contributed by atoms with Gasteiger partial charge in [0.15, 0.2) is 6.61 Å². The SMILES string of the molecule is CC[C@@H](C)NC(=O)[C@@H](CC)N(Cc1cccc(OC)c1)C(=O)COc1ccc([N+](=O)[O-])c(OC)c1. The van der Waals surface area contributed by atoms with E-state index in [1.165, 1.54) is 30.2 Å². The van der Waals surface area contributed by atoms with E-state index in [-0.39, 0.29) is 42.3 Å². The van der Waals surface area contributed by atoms with Crippen LogP contribution in [0.2, 0.25) is 0 Å². The largest absolute Gasteiger partial charge is 0.497 e. The summed E-state index contributed by atoms with van der Waals surface area (Å²) in [5, 5.41) is 14.1. The first-order chi connectivity index (χ1) is 16.7. The van der Waals surface area contributed by atoms with Gasteiger partial charge in [-0.25, -0.2) is 0 Å². The molecule has 190 valence electrons. The Bertz CT molecular complexity index is 1030. The van der Waals surface area contributed by atoms with Gasteiger partial charge in [-0.15, -0.1) is 0 Å². The number of carbonyl (C=O) groups is 2. The maximum absolute atomic E-state index is 13.3. The number of methoxy groups -OCH3 is 2. The van der Waals surface area contributed by atoms with Crippen molar-refractivity contribution in [1.29, 1.82) is 0 Å². The number of hydrogen-bond acceptors (Lipinski definition) is 7. The molecule has 2 rings (SSSR count). The van der Waals surface area contributed by atoms with Gasteiger partial charge in [-0.3, -0.25) is 19.7 Å². The Morgan fingerprint density at radius 3 is 2.40 bits per heavy atom. The third kappa shape index (κ3) is 7.59. The highest BCUT2D eigenvalue weighted by atomic mass is 16.6. The van der Waals surface area contributed by atoms with E-state index in [0.717, 1.165) is 12.0 Å². The van der Waals surface area contributed by atoms with Gasteiger partial charge in [0.25, 0.3) is 5.91 Å². The van der Waals surface area contributed by atoms with Crippen molar-refractivity contribution in [3.8, 4) is 17.2 Å². The molecule has 0 aromatic heterocycles. The summed E-state index contributed by atoms with van der Waals surface area (Å²) in [5.74, 6) is 0.249. The molecule has 0 saturated heterocycles. The number of rotatable bonds is 13. The van der Waals surface area contributed by atoms with E-state index in [1.807, 2.05) is 39.0 Å². The van der Waals surface area contributed by atoms with Crippen LogP contribution in [0.25, 0.3) is 0 Å². The fraction of sp³-hybridized carbons (Fsp3) is 0.440. The molecule has 0 bridgehead atoms. The number of hydrogen-bond donors (Lipinski definition) is 1. The fourth-order valence-corrected chi connectivity index (χ4v) is 3.45. The summed E-state index contributed by atoms with van der Waals surface area (Å²) in [5.41, 5.74) is 0.586. The Morgan fingerprint density at radius 2 is 1.80 bits per heavy atom. The molecule has 10 nitrogen and oxygen atoms in total. The van der Waals surface area contributed by atoms with Crippen LogP contribution in [0.4, 0.5) is 5.69 Å². The van der Waals surface area contributed by atoms with Crippen LogP contribution >= 0.6 is 0 Å². The number of nitro groups is 1. The molecule has 0 aliphatic rings. The Morgan fingerprint density at radius 1 is 1.06 bits per heavy atom. The first-order valence-electron chi connectivity index (χ1n) is 11.4. The van der Waals surface area contributed by atoms with Gasteiger partial charge in [0, 0.05) is 24.7 Å². The van der Waals surface area contributed by atoms with Crippen LogP contribution in [-0.4, -0.2) is 54.5 Å². The first kappa shape index (κ1) is 27.4. The zero-order valence-electron chi connectivity index (χ0n) is 20.8. The average molecular weight is 488 g/mol. The monoisotopic (exact) mass is 487 g/mol. The molecule has 2 aromatic carbocycles. The summed E-state index contributed by atoms with van der Waals surface area (Å²) < 4.78 is 16.0. The summed E-state index contributed by atoms with van der Waals surface area (Å²) in [6.07, 6.45) is 1.17. The number of nitro benzene ring substituents is 1. The van der Waals surface area contributed by atoms with Crippen LogP contribution in [0.5, 0.6) is 17.2 Å². The molecule has 35 heavy (non-hydrogen) atoms. The number of amides is 2. The molecule has 10 heteroatoms. The van der Waals surface area contributed by atoms with Crippen LogP contribution < -0.4 is 19.5 Å². The lowest BCUT2D eigenvalue weighted by atomic mass is 10.1. The molecule has 0 unspecified atom stereocenters. The third-order valence-corrected chi connectivity index (χ3v) is 5.58. The van der Waals surface area contributed by atoms with E-state index >= 15 is 0 Å². The average Bonchev–Trinajstić information content (AvgIpc) is 2.86. The Kier molecular flexibility index (Phi) is 10.3. The molecule has 0 aliphatic carbocycles. The third-order valence-electron chi connectivity index (χ3n) is 5.58. The van der Waals surface area contributed by atoms with E-state index in [4.69, 9.17) is 14.2 Å². The predicted octanol–water partition coefficient (Wildman–Crippen LogP) is 3.71. The number of ether oxygens (including phenoxy) is 3. The van der Waals surface area contributed by atoms with Gasteiger partial charge < -0.3 is 24.4 Å². The Hall–Kier alpha value is -3.82. The number of nitrogens with zero attached hydrogens (tertiary/aromatic N) is 2. The van der Waals surface area contributed by atoms with E-state index in [9.17, 15) is 19.7 Å². The summed E-state index contributed by atoms with van der Waals surface area (Å²) in [4.78, 5) is 38.4. The fourth-order valence-electron chi connectivity index (χ4n) is 3.45. The number of nitrogens with one attached hydrogen (secondary N) is 1. The van der Waals surface area contributed by atoms with Gasteiger partial charge in [-0.1, -0.05) is 26.0 Å². The summed E-state index contributed by atoms with van der Waals surface area (Å²) >= 11 is 0. The normalized spacial score (nSPS) is 12.3. The summed E-state index contributed by atoms with van der Waals surface area (Å²) in [7, 11) is 2.87. The maximum atomic E-state index is 13.3. The molecule has 0 aliphatic heterocycles. The molecule has 0 spiro atoms. The van der Waals surface area contributed by atoms with Crippen molar-refractivity contribution in [3.05, 3.63) is 58.1 Å². The Balaban J connectivity index is 2.27. The molecule has 0 saturated carbocycles. The van der Waals surface area contributed by atoms with Crippen molar-refractivity contribution in [2.45, 2.75) is 52.2 Å². The van der Waals surface area contributed by atoms with Crippen molar-refractivity contribution in [1.82, 2.24) is 10.2 Å². The second-order valence-corrected chi connectivity index (χ2v) is 7.99. The van der Waals surface area contributed by atoms with E-state index in [2.05, 4.69) is 5.32 Å². The van der Waals surface area contributed by atoms with Crippen molar-refractivity contribution >= 4 is 17.5 Å². The van der Waals surface area contributed by atoms with Crippen molar-refractivity contribution in [2.24, 2.45) is 0 Å². The van der Waals surface area contributed by atoms with Gasteiger partial charge in [-0.2, -0.15) is 0 Å². The second kappa shape index (κ2) is 13.2. The highest BCUT2D eigenvalue weighted by molar-refractivity contribution is 5.88. The van der Waals surface area contributed by atoms with Crippen LogP contribution in [0.3, 0.4) is 0 Å². The lowest BCUT2D eigenvalue weighted by Crippen LogP contribution is -2.51. The molecule has 2 atom stereocenters. The molecule has 2 amide bonds. The van der Waals surface area contributed by atoms with Crippen LogP contribution in [0.15, 0.2) is 42.5 Å². The number of carbonyl (C=O) groups excluding carboxylic acids is 2. The van der Waals surface area contributed by atoms with Crippen molar-refractivity contribution < 1.29 is 28.7 Å². The zero-order valence-corrected chi connectivity index (χ0v) is 20.8. The lowest BCUT2D eigenvalue weighted by Gasteiger charge is -2.31. The Labute approximate surface area is 205 Å². The van der Waals surface area contributed by atoms with E-state index < -0.39 is 16.9 Å². The quantitative estimate of drug-likeness (QED) is 0.338. The first-order valence-corrected chi connectivity index (χ1v) is 11.4. The molecule has 0 fully saturated rings. The summed E-state index contributed by atoms with van der Waals surface area (Å²) in [6, 6.07) is 10.5. The van der Waals surface area contributed by atoms with Gasteiger partial charge in [0.1, 0.15) is 17.5 Å². The molecule has 1 N–H and O–H groups in total. The van der Waals surface area contributed by atoms with E-state index in [1.54, 1.807) is 13.2 Å². The molecule has 0 heterocycles. The van der Waals surface area contributed by atoms with Crippen LogP contribution in [0, 0.1) is 10.1 Å².